The second-order valence-electron chi connectivity index (χ2n) is 30.1. The topological polar surface area (TPSA) is 237 Å². The number of aliphatic hydroxyl groups excluding tert-OH is 1. The van der Waals surface area contributed by atoms with Crippen molar-refractivity contribution in [2.24, 2.45) is 11.8 Å². The highest BCUT2D eigenvalue weighted by molar-refractivity contribution is 7.47. The SMILES string of the molecule is CCCCCCCCCCCCCCCCCCCC(=O)OC[C@H](COP(=O)(O)OC[C@@H](O)COP(=O)(O)OC[C@@H](COC(=O)CCCCCCCCCC(C)C)OC(=O)CCCCCCCCCCCCCCCCCC)OC(=O)CCCCCCCCCCCCCCCCC(C)C. The maximum atomic E-state index is 13.1. The highest BCUT2D eigenvalue weighted by Crippen LogP contribution is 2.45. The van der Waals surface area contributed by atoms with Gasteiger partial charge in [0.05, 0.1) is 26.4 Å². The fourth-order valence-corrected chi connectivity index (χ4v) is 14.1. The molecule has 0 radical (unpaired) electrons. The number of phosphoric acid groups is 2. The molecule has 0 aromatic heterocycles. The maximum absolute atomic E-state index is 13.1. The standard InChI is InChI=1S/C81H158O17P2/c1-7-9-11-13-15-17-19-21-23-25-27-31-35-39-45-51-57-63-78(83)91-69-76(97-80(85)66-60-54-47-41-37-33-29-28-30-34-38-43-49-55-61-73(3)4)71-95-99(87,88)93-67-75(82)68-94-100(89,90)96-72-77(70-92-79(84)64-58-52-48-42-44-50-56-62-74(5)6)98-81(86)65-59-53-46-40-36-32-26-24-22-20-18-16-14-12-10-8-2/h73-77,82H,7-72H2,1-6H3,(H,87,88)(H,89,90)/t75-,76-,77-/m1/s1. The van der Waals surface area contributed by atoms with Crippen LogP contribution in [0.15, 0.2) is 0 Å². The zero-order valence-corrected chi connectivity index (χ0v) is 67.3. The number of carbonyl (C=O) groups excluding carboxylic acids is 4. The molecule has 0 amide bonds. The quantitative estimate of drug-likeness (QED) is 0.0222. The lowest BCUT2D eigenvalue weighted by molar-refractivity contribution is -0.161. The zero-order chi connectivity index (χ0) is 73.5. The Kier molecular flexibility index (Phi) is 71.2. The Morgan fingerprint density at radius 3 is 0.680 bits per heavy atom. The van der Waals surface area contributed by atoms with Crippen molar-refractivity contribution in [2.75, 3.05) is 39.6 Å². The molecule has 17 nitrogen and oxygen atoms in total. The maximum Gasteiger partial charge on any atom is 0.472 e. The zero-order valence-electron chi connectivity index (χ0n) is 65.5. The third-order valence-electron chi connectivity index (χ3n) is 19.0. The molecule has 0 aliphatic heterocycles. The van der Waals surface area contributed by atoms with Crippen LogP contribution in [0.5, 0.6) is 0 Å². The molecule has 0 aromatic rings. The molecule has 100 heavy (non-hydrogen) atoms. The number of aliphatic hydroxyl groups is 1. The Hall–Kier alpha value is -1.94. The third-order valence-corrected chi connectivity index (χ3v) is 20.9. The van der Waals surface area contributed by atoms with E-state index in [1.165, 1.54) is 238 Å². The molecule has 0 saturated heterocycles. The molecular weight excluding hydrogens is 1310 g/mol. The molecule has 0 aliphatic rings. The van der Waals surface area contributed by atoms with Gasteiger partial charge in [0.15, 0.2) is 12.2 Å². The molecule has 0 fully saturated rings. The first-order valence-corrected chi connectivity index (χ1v) is 45.0. The number of phosphoric ester groups is 2. The summed E-state index contributed by atoms with van der Waals surface area (Å²) in [5, 5.41) is 10.6. The summed E-state index contributed by atoms with van der Waals surface area (Å²) in [5.41, 5.74) is 0. The minimum atomic E-state index is -4.96. The molecule has 5 atom stereocenters. The van der Waals surface area contributed by atoms with Crippen LogP contribution in [0.2, 0.25) is 0 Å². The number of hydrogen-bond donors (Lipinski definition) is 3. The predicted octanol–water partition coefficient (Wildman–Crippen LogP) is 24.3. The summed E-state index contributed by atoms with van der Waals surface area (Å²) in [5.74, 6) is -0.608. The minimum Gasteiger partial charge on any atom is -0.462 e. The van der Waals surface area contributed by atoms with Gasteiger partial charge in [-0.1, -0.05) is 375 Å². The van der Waals surface area contributed by atoms with Crippen molar-refractivity contribution in [1.29, 1.82) is 0 Å². The van der Waals surface area contributed by atoms with Crippen LogP contribution in [0.4, 0.5) is 0 Å². The lowest BCUT2D eigenvalue weighted by Gasteiger charge is -2.21. The molecule has 594 valence electrons. The molecule has 19 heteroatoms. The Morgan fingerprint density at radius 2 is 0.460 bits per heavy atom. The van der Waals surface area contributed by atoms with Crippen molar-refractivity contribution in [3.8, 4) is 0 Å². The normalized spacial score (nSPS) is 13.9. The van der Waals surface area contributed by atoms with Gasteiger partial charge in [0.25, 0.3) is 0 Å². The van der Waals surface area contributed by atoms with E-state index in [0.29, 0.717) is 31.6 Å². The average Bonchev–Trinajstić information content (AvgIpc) is 1.07. The summed E-state index contributed by atoms with van der Waals surface area (Å²) in [4.78, 5) is 73.0. The summed E-state index contributed by atoms with van der Waals surface area (Å²) < 4.78 is 68.7. The van der Waals surface area contributed by atoms with Crippen LogP contribution < -0.4 is 0 Å². The van der Waals surface area contributed by atoms with E-state index >= 15 is 0 Å². The van der Waals surface area contributed by atoms with E-state index in [4.69, 9.17) is 37.0 Å². The van der Waals surface area contributed by atoms with Crippen molar-refractivity contribution in [1.82, 2.24) is 0 Å². The van der Waals surface area contributed by atoms with Crippen molar-refractivity contribution in [3.63, 3.8) is 0 Å². The van der Waals surface area contributed by atoms with E-state index in [1.807, 2.05) is 0 Å². The van der Waals surface area contributed by atoms with E-state index < -0.39 is 97.5 Å². The van der Waals surface area contributed by atoms with Gasteiger partial charge >= 0.3 is 39.5 Å². The predicted molar refractivity (Wildman–Crippen MR) is 409 cm³/mol. The van der Waals surface area contributed by atoms with Crippen LogP contribution in [0.25, 0.3) is 0 Å². The van der Waals surface area contributed by atoms with Crippen molar-refractivity contribution >= 4 is 39.5 Å². The second kappa shape index (κ2) is 72.6. The minimum absolute atomic E-state index is 0.108. The van der Waals surface area contributed by atoms with Gasteiger partial charge in [0.1, 0.15) is 19.3 Å². The van der Waals surface area contributed by atoms with E-state index in [1.54, 1.807) is 0 Å². The Labute approximate surface area is 613 Å². The summed E-state index contributed by atoms with van der Waals surface area (Å²) in [7, 11) is -9.92. The van der Waals surface area contributed by atoms with Crippen LogP contribution >= 0.6 is 15.6 Å². The average molecular weight is 1470 g/mol. The fraction of sp³-hybridized carbons (Fsp3) is 0.951. The number of carbonyl (C=O) groups is 4. The van der Waals surface area contributed by atoms with E-state index in [-0.39, 0.29) is 25.7 Å². The highest BCUT2D eigenvalue weighted by Gasteiger charge is 2.30. The van der Waals surface area contributed by atoms with Crippen LogP contribution in [-0.4, -0.2) is 96.7 Å². The molecule has 0 saturated carbocycles. The Balaban J connectivity index is 5.24. The molecule has 0 spiro atoms. The smallest absolute Gasteiger partial charge is 0.462 e. The summed E-state index contributed by atoms with van der Waals surface area (Å²) in [6, 6.07) is 0. The van der Waals surface area contributed by atoms with Gasteiger partial charge in [-0.15, -0.1) is 0 Å². The molecular formula is C81H158O17P2. The van der Waals surface area contributed by atoms with Gasteiger partial charge in [-0.05, 0) is 37.5 Å². The fourth-order valence-electron chi connectivity index (χ4n) is 12.5. The molecule has 0 bridgehead atoms. The van der Waals surface area contributed by atoms with Crippen molar-refractivity contribution < 1.29 is 80.2 Å². The largest absolute Gasteiger partial charge is 0.472 e. The Bertz CT molecular complexity index is 1920. The molecule has 0 rings (SSSR count). The number of hydrogen-bond acceptors (Lipinski definition) is 15. The highest BCUT2D eigenvalue weighted by atomic mass is 31.2. The van der Waals surface area contributed by atoms with Gasteiger partial charge in [-0.2, -0.15) is 0 Å². The first-order valence-electron chi connectivity index (χ1n) is 42.0. The monoisotopic (exact) mass is 1470 g/mol. The Morgan fingerprint density at radius 1 is 0.270 bits per heavy atom. The molecule has 0 aliphatic carbocycles. The summed E-state index contributed by atoms with van der Waals surface area (Å²) >= 11 is 0. The second-order valence-corrected chi connectivity index (χ2v) is 33.0. The van der Waals surface area contributed by atoms with E-state index in [2.05, 4.69) is 41.5 Å². The van der Waals surface area contributed by atoms with E-state index in [9.17, 15) is 43.2 Å². The number of unbranched alkanes of at least 4 members (excludes halogenated alkanes) is 50. The third kappa shape index (κ3) is 74.3. The summed E-state index contributed by atoms with van der Waals surface area (Å²) in [6.07, 6.45) is 62.5. The van der Waals surface area contributed by atoms with Crippen LogP contribution in [0.1, 0.15) is 427 Å². The molecule has 3 N–H and O–H groups in total. The molecule has 0 aromatic carbocycles. The van der Waals surface area contributed by atoms with Gasteiger partial charge in [-0.3, -0.25) is 37.3 Å². The van der Waals surface area contributed by atoms with Crippen molar-refractivity contribution in [3.05, 3.63) is 0 Å². The van der Waals surface area contributed by atoms with Crippen LogP contribution in [0.3, 0.4) is 0 Å². The summed E-state index contributed by atoms with van der Waals surface area (Å²) in [6.45, 7) is 9.61. The number of rotatable bonds is 80. The van der Waals surface area contributed by atoms with Gasteiger partial charge in [0.2, 0.25) is 0 Å². The number of ether oxygens (including phenoxy) is 4. The molecule has 2 unspecified atom stereocenters. The molecule has 0 heterocycles. The number of esters is 4. The van der Waals surface area contributed by atoms with Gasteiger partial charge in [0, 0.05) is 25.7 Å². The lowest BCUT2D eigenvalue weighted by Crippen LogP contribution is -2.30. The lowest BCUT2D eigenvalue weighted by atomic mass is 10.0. The van der Waals surface area contributed by atoms with Crippen molar-refractivity contribution in [2.45, 2.75) is 445 Å². The van der Waals surface area contributed by atoms with Crippen LogP contribution in [0, 0.1) is 11.8 Å². The van der Waals surface area contributed by atoms with Gasteiger partial charge in [-0.25, -0.2) is 9.13 Å². The van der Waals surface area contributed by atoms with Gasteiger partial charge < -0.3 is 33.8 Å². The van der Waals surface area contributed by atoms with Crippen LogP contribution in [-0.2, 0) is 65.4 Å². The van der Waals surface area contributed by atoms with E-state index in [0.717, 1.165) is 102 Å². The first-order chi connectivity index (χ1) is 48.4. The first kappa shape index (κ1) is 98.1.